The highest BCUT2D eigenvalue weighted by Gasteiger charge is 2.26. The standard InChI is InChI=1S/C5H12N2O4S/c1-3(2)4(7-5(8)9)12(6,10)11/h3-4,7H,1-2H3,(H,8,9)(H2,6,10,11). The van der Waals surface area contributed by atoms with Crippen molar-refractivity contribution in [3.8, 4) is 0 Å². The summed E-state index contributed by atoms with van der Waals surface area (Å²) in [5.41, 5.74) is 0. The normalized spacial score (nSPS) is 14.3. The third-order valence-corrected chi connectivity index (χ3v) is 2.60. The molecule has 0 aromatic heterocycles. The number of hydrogen-bond acceptors (Lipinski definition) is 3. The van der Waals surface area contributed by atoms with Crippen LogP contribution in [0.4, 0.5) is 4.79 Å². The molecule has 0 saturated heterocycles. The molecule has 12 heavy (non-hydrogen) atoms. The van der Waals surface area contributed by atoms with Gasteiger partial charge in [-0.25, -0.2) is 18.4 Å². The lowest BCUT2D eigenvalue weighted by molar-refractivity contribution is 0.190. The van der Waals surface area contributed by atoms with Gasteiger partial charge in [0.2, 0.25) is 10.0 Å². The lowest BCUT2D eigenvalue weighted by Gasteiger charge is -2.17. The Labute approximate surface area is 70.8 Å². The number of sulfonamides is 1. The molecule has 0 saturated carbocycles. The van der Waals surface area contributed by atoms with Gasteiger partial charge < -0.3 is 10.4 Å². The molecule has 0 radical (unpaired) electrons. The molecule has 0 fully saturated rings. The van der Waals surface area contributed by atoms with Crippen LogP contribution in [0.3, 0.4) is 0 Å². The Morgan fingerprint density at radius 3 is 2.00 bits per heavy atom. The summed E-state index contributed by atoms with van der Waals surface area (Å²) in [5, 5.41) is 13.6. The number of rotatable bonds is 3. The number of hydrogen-bond donors (Lipinski definition) is 3. The minimum Gasteiger partial charge on any atom is -0.465 e. The summed E-state index contributed by atoms with van der Waals surface area (Å²) < 4.78 is 21.5. The lowest BCUT2D eigenvalue weighted by atomic mass is 10.2. The maximum absolute atomic E-state index is 10.8. The first kappa shape index (κ1) is 11.2. The van der Waals surface area contributed by atoms with E-state index in [0.29, 0.717) is 0 Å². The van der Waals surface area contributed by atoms with E-state index in [2.05, 4.69) is 0 Å². The molecule has 0 heterocycles. The molecule has 1 amide bonds. The van der Waals surface area contributed by atoms with E-state index in [-0.39, 0.29) is 0 Å². The van der Waals surface area contributed by atoms with Gasteiger partial charge >= 0.3 is 6.09 Å². The van der Waals surface area contributed by atoms with E-state index < -0.39 is 27.4 Å². The molecule has 4 N–H and O–H groups in total. The second-order valence-corrected chi connectivity index (χ2v) is 4.39. The zero-order chi connectivity index (χ0) is 9.94. The fraction of sp³-hybridized carbons (Fsp3) is 0.800. The van der Waals surface area contributed by atoms with Crippen LogP contribution in [0.2, 0.25) is 0 Å². The number of amides is 1. The van der Waals surface area contributed by atoms with Crippen LogP contribution in [0.25, 0.3) is 0 Å². The molecule has 0 bridgehead atoms. The molecule has 0 rings (SSSR count). The summed E-state index contributed by atoms with van der Waals surface area (Å²) in [7, 11) is -3.85. The molecule has 0 aliphatic rings. The smallest absolute Gasteiger partial charge is 0.405 e. The molecule has 0 aliphatic carbocycles. The molecular formula is C5H12N2O4S. The van der Waals surface area contributed by atoms with Gasteiger partial charge in [0.1, 0.15) is 0 Å². The molecule has 0 spiro atoms. The van der Waals surface area contributed by atoms with E-state index >= 15 is 0 Å². The van der Waals surface area contributed by atoms with E-state index in [1.54, 1.807) is 13.8 Å². The number of carboxylic acid groups (broad SMARTS) is 1. The lowest BCUT2D eigenvalue weighted by Crippen LogP contribution is -2.46. The highest BCUT2D eigenvalue weighted by Crippen LogP contribution is 2.05. The Morgan fingerprint density at radius 2 is 1.92 bits per heavy atom. The third kappa shape index (κ3) is 3.54. The van der Waals surface area contributed by atoms with Crippen molar-refractivity contribution in [2.75, 3.05) is 0 Å². The molecule has 0 aromatic rings. The van der Waals surface area contributed by atoms with Crippen molar-refractivity contribution in [2.45, 2.75) is 19.2 Å². The van der Waals surface area contributed by atoms with Gasteiger partial charge in [0.05, 0.1) is 0 Å². The largest absolute Gasteiger partial charge is 0.465 e. The second kappa shape index (κ2) is 3.72. The molecule has 0 aliphatic heterocycles. The van der Waals surface area contributed by atoms with Gasteiger partial charge in [-0.05, 0) is 5.92 Å². The minimum atomic E-state index is -3.85. The Balaban J connectivity index is 4.58. The van der Waals surface area contributed by atoms with E-state index in [1.807, 2.05) is 5.32 Å². The van der Waals surface area contributed by atoms with Crippen LogP contribution in [0.5, 0.6) is 0 Å². The highest BCUT2D eigenvalue weighted by atomic mass is 32.2. The summed E-state index contributed by atoms with van der Waals surface area (Å²) in [6, 6.07) is 0. The van der Waals surface area contributed by atoms with Crippen molar-refractivity contribution in [3.63, 3.8) is 0 Å². The molecule has 0 aromatic carbocycles. The zero-order valence-corrected chi connectivity index (χ0v) is 7.63. The van der Waals surface area contributed by atoms with Crippen molar-refractivity contribution >= 4 is 16.1 Å². The summed E-state index contributed by atoms with van der Waals surface area (Å²) >= 11 is 0. The maximum atomic E-state index is 10.8. The van der Waals surface area contributed by atoms with Crippen LogP contribution >= 0.6 is 0 Å². The first-order valence-electron chi connectivity index (χ1n) is 3.26. The van der Waals surface area contributed by atoms with Gasteiger partial charge in [-0.2, -0.15) is 0 Å². The van der Waals surface area contributed by atoms with Gasteiger partial charge in [-0.1, -0.05) is 13.8 Å². The molecule has 7 heteroatoms. The first-order valence-corrected chi connectivity index (χ1v) is 4.87. The summed E-state index contributed by atoms with van der Waals surface area (Å²) in [4.78, 5) is 10.1. The van der Waals surface area contributed by atoms with Gasteiger partial charge in [-0.3, -0.25) is 0 Å². The maximum Gasteiger partial charge on any atom is 0.405 e. The van der Waals surface area contributed by atoms with Crippen molar-refractivity contribution < 1.29 is 18.3 Å². The average molecular weight is 196 g/mol. The van der Waals surface area contributed by atoms with E-state index in [1.165, 1.54) is 0 Å². The Kier molecular flexibility index (Phi) is 3.47. The average Bonchev–Trinajstić information content (AvgIpc) is 1.79. The van der Waals surface area contributed by atoms with Gasteiger partial charge in [0.25, 0.3) is 0 Å². The van der Waals surface area contributed by atoms with Crippen molar-refractivity contribution in [1.29, 1.82) is 0 Å². The zero-order valence-electron chi connectivity index (χ0n) is 6.81. The van der Waals surface area contributed by atoms with E-state index in [9.17, 15) is 13.2 Å². The monoisotopic (exact) mass is 196 g/mol. The Morgan fingerprint density at radius 1 is 1.50 bits per heavy atom. The van der Waals surface area contributed by atoms with Crippen LogP contribution in [-0.2, 0) is 10.0 Å². The number of primary sulfonamides is 1. The SMILES string of the molecule is CC(C)C(NC(=O)O)S(N)(=O)=O. The van der Waals surface area contributed by atoms with Crippen molar-refractivity contribution in [1.82, 2.24) is 5.32 Å². The number of nitrogens with two attached hydrogens (primary N) is 1. The highest BCUT2D eigenvalue weighted by molar-refractivity contribution is 7.89. The quantitative estimate of drug-likeness (QED) is 0.566. The van der Waals surface area contributed by atoms with Crippen molar-refractivity contribution in [3.05, 3.63) is 0 Å². The van der Waals surface area contributed by atoms with E-state index in [4.69, 9.17) is 10.2 Å². The third-order valence-electron chi connectivity index (χ3n) is 1.23. The molecular weight excluding hydrogens is 184 g/mol. The number of carbonyl (C=O) groups is 1. The summed E-state index contributed by atoms with van der Waals surface area (Å²) in [6.45, 7) is 3.12. The Hall–Kier alpha value is -0.820. The van der Waals surface area contributed by atoms with Crippen LogP contribution in [0.15, 0.2) is 0 Å². The summed E-state index contributed by atoms with van der Waals surface area (Å²) in [6.07, 6.45) is -1.40. The second-order valence-electron chi connectivity index (χ2n) is 2.70. The predicted octanol–water partition coefficient (Wildman–Crippen LogP) is -0.475. The van der Waals surface area contributed by atoms with Gasteiger partial charge in [-0.15, -0.1) is 0 Å². The molecule has 6 nitrogen and oxygen atoms in total. The number of nitrogens with one attached hydrogen (secondary N) is 1. The van der Waals surface area contributed by atoms with Crippen LogP contribution in [0, 0.1) is 5.92 Å². The van der Waals surface area contributed by atoms with Crippen LogP contribution in [0.1, 0.15) is 13.8 Å². The molecule has 1 unspecified atom stereocenters. The molecule has 72 valence electrons. The van der Waals surface area contributed by atoms with E-state index in [0.717, 1.165) is 0 Å². The fourth-order valence-electron chi connectivity index (χ4n) is 0.750. The minimum absolute atomic E-state index is 0.393. The van der Waals surface area contributed by atoms with Gasteiger partial charge in [0, 0.05) is 0 Å². The van der Waals surface area contributed by atoms with Gasteiger partial charge in [0.15, 0.2) is 5.37 Å². The molecule has 1 atom stereocenters. The topological polar surface area (TPSA) is 109 Å². The fourth-order valence-corrected chi connectivity index (χ4v) is 1.77. The van der Waals surface area contributed by atoms with Crippen LogP contribution in [-0.4, -0.2) is 25.0 Å². The first-order chi connectivity index (χ1) is 5.25. The summed E-state index contributed by atoms with van der Waals surface area (Å²) in [5.74, 6) is -0.393. The van der Waals surface area contributed by atoms with Crippen molar-refractivity contribution in [2.24, 2.45) is 11.1 Å². The predicted molar refractivity (Wildman–Crippen MR) is 42.9 cm³/mol. The van der Waals surface area contributed by atoms with Crippen LogP contribution < -0.4 is 10.5 Å². The Bertz CT molecular complexity index is 259.